The maximum atomic E-state index is 9.01. The maximum Gasteiger partial charge on any atom is 0.0462 e. The lowest BCUT2D eigenvalue weighted by Gasteiger charge is -2.16. The van der Waals surface area contributed by atoms with Gasteiger partial charge in [-0.05, 0) is 37.8 Å². The monoisotopic (exact) mass is 157 g/mol. The molecular weight excluding hydrogens is 138 g/mol. The number of rotatable bonds is 4. The molecule has 66 valence electrons. The molecule has 0 saturated heterocycles. The summed E-state index contributed by atoms with van der Waals surface area (Å²) in [7, 11) is 0. The van der Waals surface area contributed by atoms with E-state index in [9.17, 15) is 0 Å². The van der Waals surface area contributed by atoms with Crippen LogP contribution in [0.1, 0.15) is 26.2 Å². The Kier molecular flexibility index (Phi) is 3.87. The van der Waals surface area contributed by atoms with Gasteiger partial charge >= 0.3 is 0 Å². The molecule has 2 nitrogen and oxygen atoms in total. The molecule has 0 aromatic rings. The van der Waals surface area contributed by atoms with Gasteiger partial charge in [-0.2, -0.15) is 0 Å². The van der Waals surface area contributed by atoms with Gasteiger partial charge in [0.25, 0.3) is 0 Å². The SMILES string of the molecule is CCNCC1CCCC1CO. The van der Waals surface area contributed by atoms with Crippen molar-refractivity contribution >= 4 is 0 Å². The van der Waals surface area contributed by atoms with Gasteiger partial charge in [0.15, 0.2) is 0 Å². The van der Waals surface area contributed by atoms with E-state index in [1.54, 1.807) is 0 Å². The van der Waals surface area contributed by atoms with Crippen LogP contribution in [0.4, 0.5) is 0 Å². The van der Waals surface area contributed by atoms with Crippen LogP contribution >= 0.6 is 0 Å². The largest absolute Gasteiger partial charge is 0.396 e. The molecule has 1 fully saturated rings. The number of aliphatic hydroxyl groups is 1. The Morgan fingerprint density at radius 3 is 2.73 bits per heavy atom. The molecule has 0 amide bonds. The first-order valence-electron chi connectivity index (χ1n) is 4.70. The van der Waals surface area contributed by atoms with Crippen molar-refractivity contribution in [3.05, 3.63) is 0 Å². The lowest BCUT2D eigenvalue weighted by Crippen LogP contribution is -2.26. The zero-order chi connectivity index (χ0) is 8.10. The summed E-state index contributed by atoms with van der Waals surface area (Å²) in [5.41, 5.74) is 0. The zero-order valence-electron chi connectivity index (χ0n) is 7.34. The summed E-state index contributed by atoms with van der Waals surface area (Å²) in [4.78, 5) is 0. The van der Waals surface area contributed by atoms with Gasteiger partial charge in [0.1, 0.15) is 0 Å². The maximum absolute atomic E-state index is 9.01. The molecule has 0 aromatic carbocycles. The van der Waals surface area contributed by atoms with E-state index in [4.69, 9.17) is 5.11 Å². The molecular formula is C9H19NO. The van der Waals surface area contributed by atoms with Crippen LogP contribution in [0.15, 0.2) is 0 Å². The highest BCUT2D eigenvalue weighted by atomic mass is 16.3. The zero-order valence-corrected chi connectivity index (χ0v) is 7.34. The summed E-state index contributed by atoms with van der Waals surface area (Å²) in [6.07, 6.45) is 3.84. The van der Waals surface area contributed by atoms with Gasteiger partial charge in [0.05, 0.1) is 0 Å². The molecule has 2 heteroatoms. The van der Waals surface area contributed by atoms with E-state index in [1.807, 2.05) is 0 Å². The molecule has 1 rings (SSSR count). The summed E-state index contributed by atoms with van der Waals surface area (Å²) in [5.74, 6) is 1.31. The molecule has 2 N–H and O–H groups in total. The second-order valence-electron chi connectivity index (χ2n) is 3.44. The highest BCUT2D eigenvalue weighted by Gasteiger charge is 2.25. The van der Waals surface area contributed by atoms with E-state index in [0.717, 1.165) is 19.0 Å². The molecule has 0 aromatic heterocycles. The molecule has 0 bridgehead atoms. The van der Waals surface area contributed by atoms with Crippen LogP contribution in [-0.4, -0.2) is 24.8 Å². The van der Waals surface area contributed by atoms with Crippen LogP contribution in [0, 0.1) is 11.8 Å². The van der Waals surface area contributed by atoms with Crippen LogP contribution in [0.25, 0.3) is 0 Å². The average Bonchev–Trinajstić information content (AvgIpc) is 2.47. The molecule has 0 spiro atoms. The van der Waals surface area contributed by atoms with Crippen molar-refractivity contribution in [3.8, 4) is 0 Å². The molecule has 11 heavy (non-hydrogen) atoms. The summed E-state index contributed by atoms with van der Waals surface area (Å²) < 4.78 is 0. The Morgan fingerprint density at radius 2 is 2.09 bits per heavy atom. The first-order valence-corrected chi connectivity index (χ1v) is 4.70. The van der Waals surface area contributed by atoms with Crippen molar-refractivity contribution in [2.24, 2.45) is 11.8 Å². The predicted molar refractivity (Wildman–Crippen MR) is 46.5 cm³/mol. The summed E-state index contributed by atoms with van der Waals surface area (Å²) in [6, 6.07) is 0. The normalized spacial score (nSPS) is 31.1. The second kappa shape index (κ2) is 4.73. The summed E-state index contributed by atoms with van der Waals surface area (Å²) in [6.45, 7) is 4.66. The number of nitrogens with one attached hydrogen (secondary N) is 1. The van der Waals surface area contributed by atoms with Gasteiger partial charge < -0.3 is 10.4 Å². The smallest absolute Gasteiger partial charge is 0.0462 e. The molecule has 1 aliphatic rings. The summed E-state index contributed by atoms with van der Waals surface area (Å²) >= 11 is 0. The van der Waals surface area contributed by atoms with Gasteiger partial charge in [-0.15, -0.1) is 0 Å². The highest BCUT2D eigenvalue weighted by Crippen LogP contribution is 2.30. The van der Waals surface area contributed by atoms with Gasteiger partial charge in [0.2, 0.25) is 0 Å². The van der Waals surface area contributed by atoms with Crippen LogP contribution in [0.3, 0.4) is 0 Å². The van der Waals surface area contributed by atoms with Gasteiger partial charge in [-0.1, -0.05) is 13.3 Å². The molecule has 0 radical (unpaired) electrons. The van der Waals surface area contributed by atoms with Crippen molar-refractivity contribution in [2.75, 3.05) is 19.7 Å². The van der Waals surface area contributed by atoms with Gasteiger partial charge in [-0.3, -0.25) is 0 Å². The number of aliphatic hydroxyl groups excluding tert-OH is 1. The molecule has 0 heterocycles. The Bertz CT molecular complexity index is 106. The van der Waals surface area contributed by atoms with Gasteiger partial charge in [0, 0.05) is 6.61 Å². The van der Waals surface area contributed by atoms with Crippen molar-refractivity contribution in [3.63, 3.8) is 0 Å². The lowest BCUT2D eigenvalue weighted by atomic mass is 9.97. The van der Waals surface area contributed by atoms with Crippen LogP contribution < -0.4 is 5.32 Å². The summed E-state index contributed by atoms with van der Waals surface area (Å²) in [5, 5.41) is 12.4. The van der Waals surface area contributed by atoms with Crippen molar-refractivity contribution in [2.45, 2.75) is 26.2 Å². The van der Waals surface area contributed by atoms with E-state index in [-0.39, 0.29) is 0 Å². The minimum atomic E-state index is 0.385. The van der Waals surface area contributed by atoms with Crippen LogP contribution in [0.2, 0.25) is 0 Å². The van der Waals surface area contributed by atoms with Crippen molar-refractivity contribution in [1.29, 1.82) is 0 Å². The standard InChI is InChI=1S/C9H19NO/c1-2-10-6-8-4-3-5-9(8)7-11/h8-11H,2-7H2,1H3. The lowest BCUT2D eigenvalue weighted by molar-refractivity contribution is 0.193. The van der Waals surface area contributed by atoms with E-state index in [2.05, 4.69) is 12.2 Å². The Balaban J connectivity index is 2.20. The minimum Gasteiger partial charge on any atom is -0.396 e. The first-order chi connectivity index (χ1) is 5.38. The van der Waals surface area contributed by atoms with E-state index >= 15 is 0 Å². The number of hydrogen-bond acceptors (Lipinski definition) is 2. The number of hydrogen-bond donors (Lipinski definition) is 2. The molecule has 2 atom stereocenters. The average molecular weight is 157 g/mol. The first kappa shape index (κ1) is 9.01. The third kappa shape index (κ3) is 2.46. The quantitative estimate of drug-likeness (QED) is 0.638. The molecule has 0 aliphatic heterocycles. The van der Waals surface area contributed by atoms with Crippen molar-refractivity contribution in [1.82, 2.24) is 5.32 Å². The van der Waals surface area contributed by atoms with Crippen LogP contribution in [-0.2, 0) is 0 Å². The molecule has 1 aliphatic carbocycles. The third-order valence-corrected chi connectivity index (χ3v) is 2.71. The predicted octanol–water partition coefficient (Wildman–Crippen LogP) is 1.00. The van der Waals surface area contributed by atoms with Crippen LogP contribution in [0.5, 0.6) is 0 Å². The van der Waals surface area contributed by atoms with E-state index in [0.29, 0.717) is 12.5 Å². The van der Waals surface area contributed by atoms with E-state index in [1.165, 1.54) is 19.3 Å². The topological polar surface area (TPSA) is 32.3 Å². The Labute approximate surface area is 69.0 Å². The fraction of sp³-hybridized carbons (Fsp3) is 1.00. The minimum absolute atomic E-state index is 0.385. The second-order valence-corrected chi connectivity index (χ2v) is 3.44. The Morgan fingerprint density at radius 1 is 1.36 bits per heavy atom. The third-order valence-electron chi connectivity index (χ3n) is 2.71. The Hall–Kier alpha value is -0.0800. The molecule has 2 unspecified atom stereocenters. The van der Waals surface area contributed by atoms with Crippen molar-refractivity contribution < 1.29 is 5.11 Å². The highest BCUT2D eigenvalue weighted by molar-refractivity contribution is 4.78. The molecule has 1 saturated carbocycles. The fourth-order valence-corrected chi connectivity index (χ4v) is 1.95. The fourth-order valence-electron chi connectivity index (χ4n) is 1.95. The van der Waals surface area contributed by atoms with Gasteiger partial charge in [-0.25, -0.2) is 0 Å². The van der Waals surface area contributed by atoms with E-state index < -0.39 is 0 Å².